The summed E-state index contributed by atoms with van der Waals surface area (Å²) in [5.74, 6) is -4.30. The maximum Gasteiger partial charge on any atom is 0.335 e. The molecule has 1 aliphatic rings. The molecule has 0 saturated heterocycles. The van der Waals surface area contributed by atoms with Gasteiger partial charge in [-0.2, -0.15) is 0 Å². The van der Waals surface area contributed by atoms with Gasteiger partial charge in [0, 0.05) is 6.08 Å². The number of aliphatic carboxylic acids is 1. The number of carbonyl (C=O) groups is 3. The molecule has 0 aromatic rings. The fraction of sp³-hybridized carbons (Fsp3) is 0.364. The van der Waals surface area contributed by atoms with E-state index in [2.05, 4.69) is 0 Å². The van der Waals surface area contributed by atoms with Crippen LogP contribution in [0.15, 0.2) is 23.5 Å². The van der Waals surface area contributed by atoms with Crippen LogP contribution in [0.4, 0.5) is 0 Å². The van der Waals surface area contributed by atoms with E-state index in [1.165, 1.54) is 0 Å². The number of Topliss-reactive ketones (excluding diaryl/α,β-unsaturated/α-hetero) is 1. The van der Waals surface area contributed by atoms with E-state index in [9.17, 15) is 14.4 Å². The molecule has 0 bridgehead atoms. The molecule has 0 heterocycles. The molecule has 1 aliphatic carbocycles. The number of aliphatic hydroxyl groups is 1. The maximum absolute atomic E-state index is 10.6. The molecule has 0 atom stereocenters. The van der Waals surface area contributed by atoms with Crippen molar-refractivity contribution in [3.05, 3.63) is 23.5 Å². The first kappa shape index (κ1) is 16.5. The molecular formula is C11H16O5. The minimum Gasteiger partial charge on any atom is -0.504 e. The molecule has 0 amide bonds. The second-order valence-corrected chi connectivity index (χ2v) is 2.13. The predicted octanol–water partition coefficient (Wildman–Crippen LogP) is 1.64. The third-order valence-corrected chi connectivity index (χ3v) is 1.28. The Balaban J connectivity index is 0. The molecule has 2 N–H and O–H groups in total. The van der Waals surface area contributed by atoms with Crippen molar-refractivity contribution in [2.24, 2.45) is 0 Å². The Bertz CT molecular complexity index is 336. The Morgan fingerprint density at radius 1 is 1.06 bits per heavy atom. The highest BCUT2D eigenvalue weighted by Crippen LogP contribution is 2.09. The summed E-state index contributed by atoms with van der Waals surface area (Å²) in [6.07, 6.45) is 1.41. The number of carboxylic acids is 1. The Morgan fingerprint density at radius 2 is 1.50 bits per heavy atom. The minimum absolute atomic E-state index is 0.392. The number of aliphatic hydroxyl groups excluding tert-OH is 1. The first-order chi connectivity index (χ1) is 7.52. The van der Waals surface area contributed by atoms with Crippen LogP contribution in [-0.2, 0) is 14.4 Å². The van der Waals surface area contributed by atoms with Gasteiger partial charge in [-0.1, -0.05) is 27.7 Å². The van der Waals surface area contributed by atoms with E-state index in [0.29, 0.717) is 6.08 Å². The van der Waals surface area contributed by atoms with E-state index < -0.39 is 28.9 Å². The minimum atomic E-state index is -1.36. The van der Waals surface area contributed by atoms with Crippen molar-refractivity contribution >= 4 is 17.5 Å². The number of hydrogen-bond acceptors (Lipinski definition) is 4. The Hall–Kier alpha value is -1.91. The van der Waals surface area contributed by atoms with Gasteiger partial charge in [-0.15, -0.1) is 0 Å². The second-order valence-electron chi connectivity index (χ2n) is 2.13. The van der Waals surface area contributed by atoms with Crippen LogP contribution in [0.2, 0.25) is 0 Å². The fourth-order valence-electron chi connectivity index (χ4n) is 0.711. The molecule has 90 valence electrons. The van der Waals surface area contributed by atoms with E-state index in [4.69, 9.17) is 10.2 Å². The first-order valence-corrected chi connectivity index (χ1v) is 4.96. The van der Waals surface area contributed by atoms with Crippen molar-refractivity contribution in [3.8, 4) is 0 Å². The summed E-state index contributed by atoms with van der Waals surface area (Å²) >= 11 is 0. The molecule has 5 nitrogen and oxygen atoms in total. The molecule has 5 heteroatoms. The smallest absolute Gasteiger partial charge is 0.335 e. The van der Waals surface area contributed by atoms with Crippen molar-refractivity contribution in [3.63, 3.8) is 0 Å². The highest BCUT2D eigenvalue weighted by molar-refractivity contribution is 6.48. The summed E-state index contributed by atoms with van der Waals surface area (Å²) in [5.41, 5.74) is -0.392. The van der Waals surface area contributed by atoms with Crippen LogP contribution < -0.4 is 0 Å². The number of hydrogen-bond donors (Lipinski definition) is 2. The largest absolute Gasteiger partial charge is 0.504 e. The van der Waals surface area contributed by atoms with Crippen molar-refractivity contribution in [1.29, 1.82) is 0 Å². The van der Waals surface area contributed by atoms with Gasteiger partial charge in [0.05, 0.1) is 5.57 Å². The Morgan fingerprint density at radius 3 is 1.81 bits per heavy atom. The van der Waals surface area contributed by atoms with Crippen molar-refractivity contribution in [2.75, 3.05) is 0 Å². The second kappa shape index (κ2) is 8.40. The molecule has 16 heavy (non-hydrogen) atoms. The van der Waals surface area contributed by atoms with Crippen molar-refractivity contribution in [1.82, 2.24) is 0 Å². The van der Waals surface area contributed by atoms with Gasteiger partial charge in [-0.3, -0.25) is 9.59 Å². The third-order valence-electron chi connectivity index (χ3n) is 1.28. The number of rotatable bonds is 1. The SMILES string of the molecule is CC.CC.O=C(O)C1=CC(=O)C(=O)C(O)=C1. The topological polar surface area (TPSA) is 91.7 Å². The summed E-state index contributed by atoms with van der Waals surface area (Å²) in [7, 11) is 0. The maximum atomic E-state index is 10.6. The van der Waals surface area contributed by atoms with Crippen LogP contribution in [-0.4, -0.2) is 27.7 Å². The Labute approximate surface area is 94.1 Å². The first-order valence-electron chi connectivity index (χ1n) is 4.96. The number of ketones is 2. The van der Waals surface area contributed by atoms with Crippen LogP contribution in [0.5, 0.6) is 0 Å². The lowest BCUT2D eigenvalue weighted by Gasteiger charge is -2.02. The standard InChI is InChI=1S/C7H4O5.2C2H6/c8-4-1-3(7(11)12)2-5(9)6(4)10;2*1-2/h1-2,8H,(H,11,12);2*1-2H3. The highest BCUT2D eigenvalue weighted by Gasteiger charge is 2.24. The zero-order chi connectivity index (χ0) is 13.3. The molecule has 0 aliphatic heterocycles. The highest BCUT2D eigenvalue weighted by atomic mass is 16.4. The van der Waals surface area contributed by atoms with Crippen molar-refractivity contribution in [2.45, 2.75) is 27.7 Å². The predicted molar refractivity (Wildman–Crippen MR) is 59.1 cm³/mol. The van der Waals surface area contributed by atoms with Crippen LogP contribution in [0.3, 0.4) is 0 Å². The molecule has 0 aromatic carbocycles. The lowest BCUT2D eigenvalue weighted by molar-refractivity contribution is -0.134. The molecule has 0 aromatic heterocycles. The van der Waals surface area contributed by atoms with Crippen LogP contribution in [0.25, 0.3) is 0 Å². The van der Waals surface area contributed by atoms with Gasteiger partial charge in [-0.25, -0.2) is 4.79 Å². The normalized spacial score (nSPS) is 13.5. The van der Waals surface area contributed by atoms with Gasteiger partial charge in [0.25, 0.3) is 5.78 Å². The molecule has 0 saturated carbocycles. The summed E-state index contributed by atoms with van der Waals surface area (Å²) in [5, 5.41) is 17.1. The molecule has 0 fully saturated rings. The lowest BCUT2D eigenvalue weighted by atomic mass is 10.0. The van der Waals surface area contributed by atoms with Crippen LogP contribution >= 0.6 is 0 Å². The van der Waals surface area contributed by atoms with E-state index in [1.54, 1.807) is 0 Å². The summed E-state index contributed by atoms with van der Waals surface area (Å²) in [4.78, 5) is 31.5. The lowest BCUT2D eigenvalue weighted by Crippen LogP contribution is -2.20. The van der Waals surface area contributed by atoms with Gasteiger partial charge < -0.3 is 10.2 Å². The summed E-state index contributed by atoms with van der Waals surface area (Å²) in [6.45, 7) is 8.00. The average molecular weight is 228 g/mol. The van der Waals surface area contributed by atoms with Gasteiger partial charge in [0.15, 0.2) is 5.76 Å². The van der Waals surface area contributed by atoms with Gasteiger partial charge >= 0.3 is 5.97 Å². The van der Waals surface area contributed by atoms with Gasteiger partial charge in [0.1, 0.15) is 0 Å². The van der Waals surface area contributed by atoms with Gasteiger partial charge in [0.2, 0.25) is 5.78 Å². The molecule has 0 radical (unpaired) electrons. The molecule has 0 unspecified atom stereocenters. The quantitative estimate of drug-likeness (QED) is 0.525. The Kier molecular flexibility index (Phi) is 8.67. The number of allylic oxidation sites excluding steroid dienone is 2. The zero-order valence-corrected chi connectivity index (χ0v) is 9.77. The summed E-state index contributed by atoms with van der Waals surface area (Å²) < 4.78 is 0. The van der Waals surface area contributed by atoms with Crippen molar-refractivity contribution < 1.29 is 24.6 Å². The fourth-order valence-corrected chi connectivity index (χ4v) is 0.711. The van der Waals surface area contributed by atoms with E-state index in [1.807, 2.05) is 27.7 Å². The molecule has 0 spiro atoms. The average Bonchev–Trinajstić information content (AvgIpc) is 2.30. The number of carbonyl (C=O) groups excluding carboxylic acids is 2. The van der Waals surface area contributed by atoms with E-state index in [0.717, 1.165) is 6.08 Å². The monoisotopic (exact) mass is 228 g/mol. The van der Waals surface area contributed by atoms with E-state index >= 15 is 0 Å². The number of carboxylic acid groups (broad SMARTS) is 1. The zero-order valence-electron chi connectivity index (χ0n) is 9.77. The third kappa shape index (κ3) is 4.54. The summed E-state index contributed by atoms with van der Waals surface area (Å²) in [6, 6.07) is 0. The van der Waals surface area contributed by atoms with Crippen LogP contribution in [0.1, 0.15) is 27.7 Å². The molecule has 1 rings (SSSR count). The van der Waals surface area contributed by atoms with Gasteiger partial charge in [-0.05, 0) is 6.08 Å². The van der Waals surface area contributed by atoms with Crippen LogP contribution in [0, 0.1) is 0 Å². The molecular weight excluding hydrogens is 212 g/mol. The van der Waals surface area contributed by atoms with E-state index in [-0.39, 0.29) is 0 Å².